The molecule has 0 bridgehead atoms. The second-order valence-corrected chi connectivity index (χ2v) is 7.07. The predicted octanol–water partition coefficient (Wildman–Crippen LogP) is 5.13. The zero-order valence-corrected chi connectivity index (χ0v) is 16.6. The summed E-state index contributed by atoms with van der Waals surface area (Å²) in [4.78, 5) is 12.2. The molecule has 138 valence electrons. The third-order valence-electron chi connectivity index (χ3n) is 4.57. The maximum atomic E-state index is 12.2. The van der Waals surface area contributed by atoms with Crippen molar-refractivity contribution in [2.45, 2.75) is 27.7 Å². The van der Waals surface area contributed by atoms with Crippen LogP contribution in [-0.4, -0.2) is 16.7 Å². The molecule has 1 amide bonds. The van der Waals surface area contributed by atoms with Crippen molar-refractivity contribution in [2.24, 2.45) is 5.10 Å². The number of nitrogens with zero attached hydrogens (tertiary/aromatic N) is 2. The van der Waals surface area contributed by atoms with Gasteiger partial charge in [-0.3, -0.25) is 4.79 Å². The molecule has 3 rings (SSSR count). The van der Waals surface area contributed by atoms with Crippen molar-refractivity contribution < 1.29 is 4.79 Å². The molecule has 0 spiro atoms. The van der Waals surface area contributed by atoms with Crippen LogP contribution in [0.15, 0.2) is 53.6 Å². The van der Waals surface area contributed by atoms with E-state index in [0.717, 1.165) is 28.2 Å². The zero-order valence-electron chi connectivity index (χ0n) is 15.9. The quantitative estimate of drug-likeness (QED) is 0.495. The lowest BCUT2D eigenvalue weighted by molar-refractivity contribution is 0.0955. The van der Waals surface area contributed by atoms with Crippen molar-refractivity contribution in [1.82, 2.24) is 9.99 Å². The van der Waals surface area contributed by atoms with Crippen LogP contribution in [0.5, 0.6) is 0 Å². The van der Waals surface area contributed by atoms with Crippen LogP contribution in [0, 0.1) is 27.7 Å². The largest absolute Gasteiger partial charge is 0.318 e. The second kappa shape index (κ2) is 7.80. The van der Waals surface area contributed by atoms with Gasteiger partial charge in [0.25, 0.3) is 5.91 Å². The number of hydrazone groups is 1. The van der Waals surface area contributed by atoms with E-state index in [1.807, 2.05) is 26.0 Å². The Morgan fingerprint density at radius 2 is 1.74 bits per heavy atom. The van der Waals surface area contributed by atoms with Crippen LogP contribution in [0.25, 0.3) is 5.69 Å². The smallest absolute Gasteiger partial charge is 0.271 e. The van der Waals surface area contributed by atoms with E-state index in [4.69, 9.17) is 11.6 Å². The van der Waals surface area contributed by atoms with Crippen LogP contribution in [0.3, 0.4) is 0 Å². The Balaban J connectivity index is 1.77. The number of aromatic nitrogens is 1. The van der Waals surface area contributed by atoms with E-state index in [0.29, 0.717) is 10.6 Å². The van der Waals surface area contributed by atoms with Gasteiger partial charge in [-0.15, -0.1) is 0 Å². The molecule has 0 saturated carbocycles. The Morgan fingerprint density at radius 1 is 1.04 bits per heavy atom. The fourth-order valence-electron chi connectivity index (χ4n) is 2.97. The molecule has 2 aromatic carbocycles. The molecule has 4 nitrogen and oxygen atoms in total. The number of nitrogens with one attached hydrogen (secondary N) is 1. The van der Waals surface area contributed by atoms with E-state index in [9.17, 15) is 4.79 Å². The Labute approximate surface area is 164 Å². The molecular formula is C22H22ClN3O. The third kappa shape index (κ3) is 4.12. The van der Waals surface area contributed by atoms with Gasteiger partial charge in [0.05, 0.1) is 6.21 Å². The first-order chi connectivity index (χ1) is 12.9. The monoisotopic (exact) mass is 379 g/mol. The van der Waals surface area contributed by atoms with Gasteiger partial charge >= 0.3 is 0 Å². The molecule has 0 atom stereocenters. The Hall–Kier alpha value is -2.85. The van der Waals surface area contributed by atoms with Crippen molar-refractivity contribution in [3.05, 3.63) is 87.2 Å². The average Bonchev–Trinajstić information content (AvgIpc) is 2.92. The summed E-state index contributed by atoms with van der Waals surface area (Å²) in [5, 5.41) is 4.68. The van der Waals surface area contributed by atoms with E-state index in [2.05, 4.69) is 53.2 Å². The standard InChI is InChI=1S/C22H22ClN3O/c1-14-5-9-20(10-6-14)26-16(3)11-19(17(26)4)13-24-25-22(27)18-8-7-15(2)21(23)12-18/h5-13H,1-4H3,(H,25,27)/b24-13-. The van der Waals surface area contributed by atoms with Crippen molar-refractivity contribution >= 4 is 23.7 Å². The number of benzene rings is 2. The van der Waals surface area contributed by atoms with Crippen molar-refractivity contribution in [3.8, 4) is 5.69 Å². The number of carbonyl (C=O) groups excluding carboxylic acids is 1. The third-order valence-corrected chi connectivity index (χ3v) is 4.97. The predicted molar refractivity (Wildman–Crippen MR) is 111 cm³/mol. The van der Waals surface area contributed by atoms with Gasteiger partial charge in [-0.25, -0.2) is 5.43 Å². The highest BCUT2D eigenvalue weighted by atomic mass is 35.5. The van der Waals surface area contributed by atoms with Gasteiger partial charge in [0.15, 0.2) is 0 Å². The minimum Gasteiger partial charge on any atom is -0.318 e. The Morgan fingerprint density at radius 3 is 2.41 bits per heavy atom. The normalized spacial score (nSPS) is 11.1. The van der Waals surface area contributed by atoms with Gasteiger partial charge in [0.1, 0.15) is 0 Å². The van der Waals surface area contributed by atoms with Crippen LogP contribution >= 0.6 is 11.6 Å². The van der Waals surface area contributed by atoms with Crippen LogP contribution in [0.2, 0.25) is 5.02 Å². The summed E-state index contributed by atoms with van der Waals surface area (Å²) in [6, 6.07) is 15.6. The molecule has 1 heterocycles. The topological polar surface area (TPSA) is 46.4 Å². The van der Waals surface area contributed by atoms with E-state index in [1.54, 1.807) is 18.3 Å². The Kier molecular flexibility index (Phi) is 5.47. The van der Waals surface area contributed by atoms with Gasteiger partial charge in [-0.1, -0.05) is 35.4 Å². The lowest BCUT2D eigenvalue weighted by Crippen LogP contribution is -2.17. The number of aryl methyl sites for hydroxylation is 3. The average molecular weight is 380 g/mol. The van der Waals surface area contributed by atoms with Crippen LogP contribution in [0.1, 0.15) is 38.4 Å². The van der Waals surface area contributed by atoms with E-state index in [1.165, 1.54) is 5.56 Å². The molecule has 27 heavy (non-hydrogen) atoms. The number of amides is 1. The van der Waals surface area contributed by atoms with Crippen LogP contribution < -0.4 is 5.43 Å². The molecule has 3 aromatic rings. The van der Waals surface area contributed by atoms with Gasteiger partial charge in [0, 0.05) is 33.2 Å². The van der Waals surface area contributed by atoms with Crippen molar-refractivity contribution in [1.29, 1.82) is 0 Å². The molecule has 0 saturated heterocycles. The summed E-state index contributed by atoms with van der Waals surface area (Å²) in [6.45, 7) is 8.06. The molecule has 5 heteroatoms. The fourth-order valence-corrected chi connectivity index (χ4v) is 3.15. The highest BCUT2D eigenvalue weighted by Gasteiger charge is 2.10. The second-order valence-electron chi connectivity index (χ2n) is 6.66. The molecular weight excluding hydrogens is 358 g/mol. The number of hydrogen-bond donors (Lipinski definition) is 1. The molecule has 1 N–H and O–H groups in total. The number of hydrogen-bond acceptors (Lipinski definition) is 2. The summed E-state index contributed by atoms with van der Waals surface area (Å²) in [5.41, 5.74) is 9.42. The van der Waals surface area contributed by atoms with E-state index < -0.39 is 0 Å². The SMILES string of the molecule is Cc1ccc(-n2c(C)cc(/C=N\NC(=O)c3ccc(C)c(Cl)c3)c2C)cc1. The van der Waals surface area contributed by atoms with Crippen LogP contribution in [-0.2, 0) is 0 Å². The Bertz CT molecular complexity index is 1020. The first kappa shape index (κ1) is 18.9. The minimum atomic E-state index is -0.291. The first-order valence-electron chi connectivity index (χ1n) is 8.72. The summed E-state index contributed by atoms with van der Waals surface area (Å²) in [7, 11) is 0. The molecule has 0 radical (unpaired) electrons. The molecule has 0 aliphatic heterocycles. The van der Waals surface area contributed by atoms with Gasteiger partial charge in [-0.2, -0.15) is 5.10 Å². The van der Waals surface area contributed by atoms with Gasteiger partial charge < -0.3 is 4.57 Å². The number of rotatable bonds is 4. The maximum Gasteiger partial charge on any atom is 0.271 e. The number of carbonyl (C=O) groups is 1. The zero-order chi connectivity index (χ0) is 19.6. The molecule has 1 aromatic heterocycles. The highest BCUT2D eigenvalue weighted by Crippen LogP contribution is 2.20. The van der Waals surface area contributed by atoms with E-state index >= 15 is 0 Å². The van der Waals surface area contributed by atoms with Gasteiger partial charge in [0.2, 0.25) is 0 Å². The number of halogens is 1. The lowest BCUT2D eigenvalue weighted by atomic mass is 10.1. The molecule has 0 unspecified atom stereocenters. The summed E-state index contributed by atoms with van der Waals surface area (Å²) in [5.74, 6) is -0.291. The van der Waals surface area contributed by atoms with Crippen LogP contribution in [0.4, 0.5) is 0 Å². The minimum absolute atomic E-state index is 0.291. The van der Waals surface area contributed by atoms with Gasteiger partial charge in [-0.05, 0) is 63.6 Å². The highest BCUT2D eigenvalue weighted by molar-refractivity contribution is 6.31. The molecule has 0 aliphatic rings. The van der Waals surface area contributed by atoms with E-state index in [-0.39, 0.29) is 5.91 Å². The summed E-state index contributed by atoms with van der Waals surface area (Å²) < 4.78 is 2.17. The summed E-state index contributed by atoms with van der Waals surface area (Å²) >= 11 is 6.08. The maximum absolute atomic E-state index is 12.2. The lowest BCUT2D eigenvalue weighted by Gasteiger charge is -2.09. The molecule has 0 fully saturated rings. The fraction of sp³-hybridized carbons (Fsp3) is 0.182. The summed E-state index contributed by atoms with van der Waals surface area (Å²) in [6.07, 6.45) is 1.67. The van der Waals surface area contributed by atoms with Crippen molar-refractivity contribution in [3.63, 3.8) is 0 Å². The molecule has 0 aliphatic carbocycles. The first-order valence-corrected chi connectivity index (χ1v) is 9.10. The van der Waals surface area contributed by atoms with Crippen molar-refractivity contribution in [2.75, 3.05) is 0 Å².